The Bertz CT molecular complexity index is 793. The van der Waals surface area contributed by atoms with E-state index in [1.165, 1.54) is 6.07 Å². The second kappa shape index (κ2) is 6.79. The van der Waals surface area contributed by atoms with Crippen LogP contribution >= 0.6 is 0 Å². The second-order valence-corrected chi connectivity index (χ2v) is 5.19. The highest BCUT2D eigenvalue weighted by molar-refractivity contribution is 5.81. The molecule has 0 amide bonds. The number of rotatable bonds is 5. The van der Waals surface area contributed by atoms with E-state index in [0.29, 0.717) is 17.7 Å². The number of hydrogen-bond acceptors (Lipinski definition) is 3. The maximum absolute atomic E-state index is 10.9. The van der Waals surface area contributed by atoms with E-state index in [1.54, 1.807) is 12.1 Å². The Morgan fingerprint density at radius 1 is 0.913 bits per heavy atom. The van der Waals surface area contributed by atoms with E-state index in [1.807, 2.05) is 54.6 Å². The van der Waals surface area contributed by atoms with Gasteiger partial charge in [-0.05, 0) is 41.5 Å². The maximum Gasteiger partial charge on any atom is 0.150 e. The first-order valence-electron chi connectivity index (χ1n) is 7.31. The van der Waals surface area contributed by atoms with E-state index in [2.05, 4.69) is 0 Å². The number of phenols is 1. The molecule has 0 spiro atoms. The van der Waals surface area contributed by atoms with Gasteiger partial charge in [0.1, 0.15) is 24.4 Å². The summed E-state index contributed by atoms with van der Waals surface area (Å²) in [5.74, 6) is 0.900. The SMILES string of the molecule is O=Cc1ccc(O)c(-c2ccc(OCc3ccccc3)cc2)c1. The first-order valence-corrected chi connectivity index (χ1v) is 7.31. The maximum atomic E-state index is 10.9. The van der Waals surface area contributed by atoms with Crippen molar-refractivity contribution in [2.45, 2.75) is 6.61 Å². The number of hydrogen-bond donors (Lipinski definition) is 1. The summed E-state index contributed by atoms with van der Waals surface area (Å²) in [4.78, 5) is 10.9. The first-order chi connectivity index (χ1) is 11.3. The highest BCUT2D eigenvalue weighted by atomic mass is 16.5. The molecule has 1 N–H and O–H groups in total. The lowest BCUT2D eigenvalue weighted by molar-refractivity contribution is 0.112. The largest absolute Gasteiger partial charge is 0.507 e. The number of ether oxygens (including phenoxy) is 1. The predicted molar refractivity (Wildman–Crippen MR) is 89.7 cm³/mol. The topological polar surface area (TPSA) is 46.5 Å². The number of phenolic OH excluding ortho intramolecular Hbond substituents is 1. The van der Waals surface area contributed by atoms with Gasteiger partial charge in [-0.1, -0.05) is 42.5 Å². The molecule has 0 aliphatic carbocycles. The van der Waals surface area contributed by atoms with Gasteiger partial charge in [0.15, 0.2) is 0 Å². The number of aromatic hydroxyl groups is 1. The highest BCUT2D eigenvalue weighted by Crippen LogP contribution is 2.31. The molecular formula is C20H16O3. The Balaban J connectivity index is 1.76. The monoisotopic (exact) mass is 304 g/mol. The first kappa shape index (κ1) is 14.9. The third-order valence-corrected chi connectivity index (χ3v) is 3.57. The molecule has 0 saturated carbocycles. The normalized spacial score (nSPS) is 10.3. The molecule has 3 rings (SSSR count). The Hall–Kier alpha value is -3.07. The summed E-state index contributed by atoms with van der Waals surface area (Å²) in [5.41, 5.74) is 3.09. The van der Waals surface area contributed by atoms with Crippen LogP contribution in [0.15, 0.2) is 72.8 Å². The molecule has 0 aliphatic rings. The van der Waals surface area contributed by atoms with Crippen LogP contribution in [0.3, 0.4) is 0 Å². The number of carbonyl (C=O) groups is 1. The molecule has 0 saturated heterocycles. The minimum Gasteiger partial charge on any atom is -0.507 e. The van der Waals surface area contributed by atoms with Crippen molar-refractivity contribution in [3.8, 4) is 22.6 Å². The fraction of sp³-hybridized carbons (Fsp3) is 0.0500. The lowest BCUT2D eigenvalue weighted by Crippen LogP contribution is -1.94. The molecule has 0 aromatic heterocycles. The van der Waals surface area contributed by atoms with Gasteiger partial charge >= 0.3 is 0 Å². The van der Waals surface area contributed by atoms with Gasteiger partial charge in [-0.3, -0.25) is 4.79 Å². The number of benzene rings is 3. The van der Waals surface area contributed by atoms with E-state index in [4.69, 9.17) is 4.74 Å². The van der Waals surface area contributed by atoms with Crippen molar-refractivity contribution in [2.24, 2.45) is 0 Å². The van der Waals surface area contributed by atoms with Crippen LogP contribution in [-0.4, -0.2) is 11.4 Å². The summed E-state index contributed by atoms with van der Waals surface area (Å²) in [6, 6.07) is 22.2. The lowest BCUT2D eigenvalue weighted by Gasteiger charge is -2.09. The standard InChI is InChI=1S/C20H16O3/c21-13-16-6-11-20(22)19(12-16)17-7-9-18(10-8-17)23-14-15-4-2-1-3-5-15/h1-13,22H,14H2. The molecule has 3 aromatic carbocycles. The van der Waals surface area contributed by atoms with Crippen molar-refractivity contribution in [2.75, 3.05) is 0 Å². The van der Waals surface area contributed by atoms with E-state index in [9.17, 15) is 9.90 Å². The van der Waals surface area contributed by atoms with Crippen LogP contribution in [0.25, 0.3) is 11.1 Å². The van der Waals surface area contributed by atoms with Gasteiger partial charge in [0, 0.05) is 11.1 Å². The van der Waals surface area contributed by atoms with Crippen molar-refractivity contribution in [1.82, 2.24) is 0 Å². The van der Waals surface area contributed by atoms with Crippen LogP contribution in [0.2, 0.25) is 0 Å². The molecule has 3 nitrogen and oxygen atoms in total. The third kappa shape index (κ3) is 3.58. The number of aldehydes is 1. The third-order valence-electron chi connectivity index (χ3n) is 3.57. The zero-order chi connectivity index (χ0) is 16.1. The van der Waals surface area contributed by atoms with Crippen LogP contribution in [0.4, 0.5) is 0 Å². The summed E-state index contributed by atoms with van der Waals surface area (Å²) in [6.45, 7) is 0.506. The Morgan fingerprint density at radius 3 is 2.35 bits per heavy atom. The van der Waals surface area contributed by atoms with Gasteiger partial charge in [-0.2, -0.15) is 0 Å². The van der Waals surface area contributed by atoms with Crippen molar-refractivity contribution in [3.05, 3.63) is 83.9 Å². The van der Waals surface area contributed by atoms with Crippen LogP contribution < -0.4 is 4.74 Å². The lowest BCUT2D eigenvalue weighted by atomic mass is 10.0. The molecule has 114 valence electrons. The van der Waals surface area contributed by atoms with Gasteiger partial charge in [0.25, 0.3) is 0 Å². The minimum atomic E-state index is 0.147. The quantitative estimate of drug-likeness (QED) is 0.708. The molecule has 0 heterocycles. The molecule has 0 fully saturated rings. The molecule has 0 unspecified atom stereocenters. The summed E-state index contributed by atoms with van der Waals surface area (Å²) in [7, 11) is 0. The molecule has 0 radical (unpaired) electrons. The van der Waals surface area contributed by atoms with Crippen molar-refractivity contribution in [1.29, 1.82) is 0 Å². The highest BCUT2D eigenvalue weighted by Gasteiger charge is 2.06. The van der Waals surface area contributed by atoms with E-state index < -0.39 is 0 Å². The van der Waals surface area contributed by atoms with Gasteiger partial charge in [-0.15, -0.1) is 0 Å². The number of carbonyl (C=O) groups excluding carboxylic acids is 1. The second-order valence-electron chi connectivity index (χ2n) is 5.19. The van der Waals surface area contributed by atoms with Gasteiger partial charge in [0.05, 0.1) is 0 Å². The fourth-order valence-electron chi connectivity index (χ4n) is 2.33. The van der Waals surface area contributed by atoms with Crippen LogP contribution in [0.5, 0.6) is 11.5 Å². The molecule has 0 atom stereocenters. The predicted octanol–water partition coefficient (Wildman–Crippen LogP) is 4.45. The van der Waals surface area contributed by atoms with Gasteiger partial charge in [-0.25, -0.2) is 0 Å². The summed E-state index contributed by atoms with van der Waals surface area (Å²) < 4.78 is 5.74. The van der Waals surface area contributed by atoms with Gasteiger partial charge in [0.2, 0.25) is 0 Å². The van der Waals surface area contributed by atoms with E-state index in [0.717, 1.165) is 23.2 Å². The Kier molecular flexibility index (Phi) is 4.39. The fourth-order valence-corrected chi connectivity index (χ4v) is 2.33. The molecule has 0 aliphatic heterocycles. The average molecular weight is 304 g/mol. The van der Waals surface area contributed by atoms with Crippen LogP contribution in [-0.2, 0) is 6.61 Å². The smallest absolute Gasteiger partial charge is 0.150 e. The molecule has 3 heteroatoms. The molecule has 3 aromatic rings. The van der Waals surface area contributed by atoms with Crippen molar-refractivity contribution >= 4 is 6.29 Å². The zero-order valence-electron chi connectivity index (χ0n) is 12.5. The van der Waals surface area contributed by atoms with E-state index >= 15 is 0 Å². The van der Waals surface area contributed by atoms with Crippen molar-refractivity contribution in [3.63, 3.8) is 0 Å². The van der Waals surface area contributed by atoms with Gasteiger partial charge < -0.3 is 9.84 Å². The zero-order valence-corrected chi connectivity index (χ0v) is 12.5. The molecular weight excluding hydrogens is 288 g/mol. The summed E-state index contributed by atoms with van der Waals surface area (Å²) in [6.07, 6.45) is 0.764. The molecule has 23 heavy (non-hydrogen) atoms. The molecule has 0 bridgehead atoms. The Labute approximate surface area is 134 Å². The van der Waals surface area contributed by atoms with E-state index in [-0.39, 0.29) is 5.75 Å². The van der Waals surface area contributed by atoms with Crippen molar-refractivity contribution < 1.29 is 14.6 Å². The van der Waals surface area contributed by atoms with Crippen LogP contribution in [0, 0.1) is 0 Å². The van der Waals surface area contributed by atoms with Crippen LogP contribution in [0.1, 0.15) is 15.9 Å². The Morgan fingerprint density at radius 2 is 1.65 bits per heavy atom. The summed E-state index contributed by atoms with van der Waals surface area (Å²) >= 11 is 0. The average Bonchev–Trinajstić information content (AvgIpc) is 2.62. The minimum absolute atomic E-state index is 0.147. The summed E-state index contributed by atoms with van der Waals surface area (Å²) in [5, 5.41) is 9.96.